The Hall–Kier alpha value is -2.86. The van der Waals surface area contributed by atoms with E-state index in [9.17, 15) is 4.79 Å². The van der Waals surface area contributed by atoms with Crippen molar-refractivity contribution in [3.63, 3.8) is 0 Å². The van der Waals surface area contributed by atoms with Crippen LogP contribution in [0.4, 0.5) is 5.69 Å². The van der Waals surface area contributed by atoms with E-state index < -0.39 is 0 Å². The molecule has 1 saturated heterocycles. The predicted octanol–water partition coefficient (Wildman–Crippen LogP) is 3.89. The second-order valence-corrected chi connectivity index (χ2v) is 5.82. The van der Waals surface area contributed by atoms with Gasteiger partial charge in [0.2, 0.25) is 0 Å². The van der Waals surface area contributed by atoms with Crippen molar-refractivity contribution >= 4 is 35.0 Å². The number of ether oxygens (including phenoxy) is 1. The normalized spacial score (nSPS) is 16.5. The summed E-state index contributed by atoms with van der Waals surface area (Å²) in [7, 11) is 0. The minimum atomic E-state index is -0.218. The molecule has 128 valence electrons. The van der Waals surface area contributed by atoms with E-state index in [2.05, 4.69) is 5.32 Å². The zero-order chi connectivity index (χ0) is 17.8. The van der Waals surface area contributed by atoms with E-state index >= 15 is 0 Å². The van der Waals surface area contributed by atoms with Gasteiger partial charge in [-0.15, -0.1) is 0 Å². The molecule has 0 bridgehead atoms. The molecule has 1 amide bonds. The van der Waals surface area contributed by atoms with Gasteiger partial charge in [0.1, 0.15) is 17.2 Å². The highest BCUT2D eigenvalue weighted by Gasteiger charge is 2.33. The average molecular weight is 354 g/mol. The first-order chi connectivity index (χ1) is 12.1. The molecule has 0 atom stereocenters. The molecule has 1 aromatic carbocycles. The number of carbonyl (C=O) groups is 1. The fraction of sp³-hybridized carbons (Fsp3) is 0.158. The molecule has 0 radical (unpaired) electrons. The monoisotopic (exact) mass is 354 g/mol. The molecule has 1 aliphatic rings. The summed E-state index contributed by atoms with van der Waals surface area (Å²) >= 11 is 5.35. The lowest BCUT2D eigenvalue weighted by Gasteiger charge is -2.17. The van der Waals surface area contributed by atoms with Crippen LogP contribution in [0.25, 0.3) is 6.08 Å². The number of nitrogens with zero attached hydrogens (tertiary/aromatic N) is 1. The summed E-state index contributed by atoms with van der Waals surface area (Å²) in [5.74, 6) is 1.12. The van der Waals surface area contributed by atoms with Gasteiger partial charge >= 0.3 is 0 Å². The Morgan fingerprint density at radius 3 is 2.84 bits per heavy atom. The number of carbonyl (C=O) groups excluding carboxylic acids is 1. The summed E-state index contributed by atoms with van der Waals surface area (Å²) in [6.45, 7) is 4.30. The van der Waals surface area contributed by atoms with Crippen LogP contribution in [0.15, 0.2) is 64.4 Å². The highest BCUT2D eigenvalue weighted by atomic mass is 32.1. The van der Waals surface area contributed by atoms with Crippen LogP contribution in [0.1, 0.15) is 19.6 Å². The van der Waals surface area contributed by atoms with Crippen molar-refractivity contribution in [3.8, 4) is 5.75 Å². The van der Waals surface area contributed by atoms with Crippen molar-refractivity contribution in [2.75, 3.05) is 11.5 Å². The Morgan fingerprint density at radius 1 is 1.32 bits per heavy atom. The van der Waals surface area contributed by atoms with Crippen LogP contribution >= 0.6 is 12.2 Å². The lowest BCUT2D eigenvalue weighted by Crippen LogP contribution is -2.30. The van der Waals surface area contributed by atoms with E-state index in [4.69, 9.17) is 21.4 Å². The molecule has 0 aliphatic carbocycles. The van der Waals surface area contributed by atoms with Crippen LogP contribution in [0.5, 0.6) is 5.75 Å². The minimum absolute atomic E-state index is 0.218. The Balaban J connectivity index is 1.89. The van der Waals surface area contributed by atoms with E-state index in [1.165, 1.54) is 4.90 Å². The summed E-state index contributed by atoms with van der Waals surface area (Å²) < 4.78 is 10.9. The summed E-state index contributed by atoms with van der Waals surface area (Å²) in [4.78, 5) is 14.3. The van der Waals surface area contributed by atoms with E-state index in [-0.39, 0.29) is 5.91 Å². The smallest absolute Gasteiger partial charge is 0.281 e. The predicted molar refractivity (Wildman–Crippen MR) is 101 cm³/mol. The number of furan rings is 1. The van der Waals surface area contributed by atoms with E-state index in [1.54, 1.807) is 12.3 Å². The van der Waals surface area contributed by atoms with Gasteiger partial charge in [0.25, 0.3) is 5.91 Å². The van der Waals surface area contributed by atoms with Gasteiger partial charge in [0.05, 0.1) is 18.6 Å². The quantitative estimate of drug-likeness (QED) is 0.652. The largest absolute Gasteiger partial charge is 0.492 e. The van der Waals surface area contributed by atoms with Crippen molar-refractivity contribution in [3.05, 3.63) is 65.8 Å². The van der Waals surface area contributed by atoms with Crippen LogP contribution in [0.3, 0.4) is 0 Å². The van der Waals surface area contributed by atoms with Crippen molar-refractivity contribution < 1.29 is 13.9 Å². The highest BCUT2D eigenvalue weighted by molar-refractivity contribution is 7.80. The number of hydrogen-bond donors (Lipinski definition) is 1. The Bertz CT molecular complexity index is 853. The molecule has 0 saturated carbocycles. The van der Waals surface area contributed by atoms with E-state index in [1.807, 2.05) is 56.3 Å². The number of hydrogen-bond acceptors (Lipinski definition) is 4. The Morgan fingerprint density at radius 2 is 2.12 bits per heavy atom. The number of para-hydroxylation sites is 2. The summed E-state index contributed by atoms with van der Waals surface area (Å²) in [6, 6.07) is 11.0. The number of benzene rings is 1. The lowest BCUT2D eigenvalue weighted by atomic mass is 10.2. The van der Waals surface area contributed by atoms with Gasteiger partial charge in [-0.25, -0.2) is 4.90 Å². The van der Waals surface area contributed by atoms with Crippen LogP contribution < -0.4 is 15.0 Å². The average Bonchev–Trinajstić information content (AvgIpc) is 3.17. The first-order valence-corrected chi connectivity index (χ1v) is 8.31. The van der Waals surface area contributed by atoms with E-state index in [0.29, 0.717) is 28.9 Å². The first kappa shape index (κ1) is 17.0. The molecule has 2 aromatic rings. The molecule has 0 unspecified atom stereocenters. The summed E-state index contributed by atoms with van der Waals surface area (Å²) in [5, 5.41) is 3.30. The van der Waals surface area contributed by atoms with Crippen LogP contribution in [0.2, 0.25) is 0 Å². The molecule has 1 aliphatic heterocycles. The van der Waals surface area contributed by atoms with Crippen molar-refractivity contribution in [2.45, 2.75) is 13.8 Å². The van der Waals surface area contributed by atoms with Gasteiger partial charge in [0, 0.05) is 0 Å². The third-order valence-electron chi connectivity index (χ3n) is 3.57. The second kappa shape index (κ2) is 7.36. The fourth-order valence-electron chi connectivity index (χ4n) is 2.54. The van der Waals surface area contributed by atoms with Crippen LogP contribution in [-0.2, 0) is 4.79 Å². The number of nitrogens with one attached hydrogen (secondary N) is 1. The maximum absolute atomic E-state index is 12.8. The van der Waals surface area contributed by atoms with Gasteiger partial charge in [0.15, 0.2) is 5.11 Å². The van der Waals surface area contributed by atoms with Crippen LogP contribution in [-0.4, -0.2) is 17.6 Å². The molecule has 3 rings (SSSR count). The Kier molecular flexibility index (Phi) is 5.00. The molecule has 0 spiro atoms. The van der Waals surface area contributed by atoms with Gasteiger partial charge in [-0.2, -0.15) is 0 Å². The van der Waals surface area contributed by atoms with Gasteiger partial charge in [-0.1, -0.05) is 12.1 Å². The number of amides is 1. The molecule has 1 aromatic heterocycles. The third kappa shape index (κ3) is 3.64. The Labute approximate surface area is 151 Å². The lowest BCUT2D eigenvalue weighted by molar-refractivity contribution is -0.113. The van der Waals surface area contributed by atoms with E-state index in [0.717, 1.165) is 11.3 Å². The van der Waals surface area contributed by atoms with Crippen molar-refractivity contribution in [1.29, 1.82) is 0 Å². The van der Waals surface area contributed by atoms with Gasteiger partial charge in [-0.3, -0.25) is 4.79 Å². The van der Waals surface area contributed by atoms with Gasteiger partial charge in [-0.05, 0) is 68.1 Å². The van der Waals surface area contributed by atoms with Gasteiger partial charge < -0.3 is 14.5 Å². The molecule has 2 heterocycles. The zero-order valence-electron chi connectivity index (χ0n) is 14.0. The molecule has 25 heavy (non-hydrogen) atoms. The number of anilines is 1. The van der Waals surface area contributed by atoms with Crippen molar-refractivity contribution in [1.82, 2.24) is 5.32 Å². The second-order valence-electron chi connectivity index (χ2n) is 5.43. The van der Waals surface area contributed by atoms with Crippen molar-refractivity contribution in [2.24, 2.45) is 0 Å². The maximum atomic E-state index is 12.8. The molecule has 6 heteroatoms. The molecule has 5 nitrogen and oxygen atoms in total. The summed E-state index contributed by atoms with van der Waals surface area (Å²) in [6.07, 6.45) is 5.20. The standard InChI is InChI=1S/C19H18N2O3S/c1-3-23-17-9-5-4-8-16(17)21-18(22)15(20-19(21)25)12-13(2)11-14-7-6-10-24-14/h4-12H,3H2,1-2H3,(H,20,25)/b13-11+,15-12+. The molecule has 1 fully saturated rings. The van der Waals surface area contributed by atoms with Crippen LogP contribution in [0, 0.1) is 0 Å². The minimum Gasteiger partial charge on any atom is -0.492 e. The number of allylic oxidation sites excluding steroid dienone is 2. The maximum Gasteiger partial charge on any atom is 0.281 e. The zero-order valence-corrected chi connectivity index (χ0v) is 14.8. The first-order valence-electron chi connectivity index (χ1n) is 7.91. The third-order valence-corrected chi connectivity index (χ3v) is 3.85. The molecule has 1 N–H and O–H groups in total. The summed E-state index contributed by atoms with van der Waals surface area (Å²) in [5.41, 5.74) is 1.91. The highest BCUT2D eigenvalue weighted by Crippen LogP contribution is 2.31. The molecular formula is C19H18N2O3S. The molecular weight excluding hydrogens is 336 g/mol. The SMILES string of the molecule is CCOc1ccccc1N1C(=O)/C(=C\C(C)=C\c2ccco2)NC1=S. The number of rotatable bonds is 5. The fourth-order valence-corrected chi connectivity index (χ4v) is 2.83. The number of thiocarbonyl (C=S) groups is 1. The topological polar surface area (TPSA) is 54.7 Å².